The van der Waals surface area contributed by atoms with E-state index < -0.39 is 0 Å². The third-order valence-electron chi connectivity index (χ3n) is 3.42. The number of nitrogens with one attached hydrogen (secondary N) is 2. The molecule has 132 valence electrons. The lowest BCUT2D eigenvalue weighted by atomic mass is 10.1. The smallest absolute Gasteiger partial charge is 0.255 e. The molecule has 0 aliphatic heterocycles. The minimum absolute atomic E-state index is 0.284. The molecule has 0 saturated carbocycles. The van der Waals surface area contributed by atoms with Gasteiger partial charge in [-0.25, -0.2) is 0 Å². The molecule has 0 heterocycles. The lowest BCUT2D eigenvalue weighted by Crippen LogP contribution is -2.19. The Morgan fingerprint density at radius 1 is 1.08 bits per heavy atom. The predicted octanol–water partition coefficient (Wildman–Crippen LogP) is 3.36. The number of carbonyl (C=O) groups is 2. The Hall–Kier alpha value is -2.73. The monoisotopic (exact) mass is 362 g/mol. The largest absolute Gasteiger partial charge is 0.493 e. The van der Waals surface area contributed by atoms with Crippen molar-refractivity contribution in [3.8, 4) is 11.5 Å². The Bertz CT molecular complexity index is 793. The Morgan fingerprint density at radius 3 is 2.48 bits per heavy atom. The van der Waals surface area contributed by atoms with Gasteiger partial charge in [-0.05, 0) is 43.3 Å². The number of methoxy groups -OCH3 is 1. The third kappa shape index (κ3) is 4.42. The van der Waals surface area contributed by atoms with Gasteiger partial charge in [0.1, 0.15) is 0 Å². The molecule has 2 N–H and O–H groups in total. The normalized spacial score (nSPS) is 10.1. The average Bonchev–Trinajstić information content (AvgIpc) is 2.62. The lowest BCUT2D eigenvalue weighted by Gasteiger charge is -2.12. The minimum atomic E-state index is -0.339. The summed E-state index contributed by atoms with van der Waals surface area (Å²) in [5, 5.41) is 5.55. The summed E-state index contributed by atoms with van der Waals surface area (Å²) >= 11 is 6.01. The van der Waals surface area contributed by atoms with Gasteiger partial charge in [0.15, 0.2) is 11.5 Å². The second-order valence-electron chi connectivity index (χ2n) is 5.03. The van der Waals surface area contributed by atoms with Crippen molar-refractivity contribution in [2.45, 2.75) is 6.92 Å². The summed E-state index contributed by atoms with van der Waals surface area (Å²) in [6.45, 7) is 2.30. The second-order valence-corrected chi connectivity index (χ2v) is 5.43. The van der Waals surface area contributed by atoms with E-state index >= 15 is 0 Å². The van der Waals surface area contributed by atoms with Crippen LogP contribution in [0.15, 0.2) is 36.4 Å². The number of rotatable bonds is 6. The molecular formula is C18H19ClN2O4. The van der Waals surface area contributed by atoms with Gasteiger partial charge in [-0.2, -0.15) is 0 Å². The Labute approximate surface area is 151 Å². The standard InChI is InChI=1S/C18H19ClN2O4/c1-4-25-16-9-11(5-8-15(16)24-3)17(22)21-12-6-7-14(19)13(10-12)18(23)20-2/h5-10H,4H2,1-3H3,(H,20,23)(H,21,22). The number of hydrogen-bond acceptors (Lipinski definition) is 4. The molecule has 0 aliphatic rings. The van der Waals surface area contributed by atoms with Crippen molar-refractivity contribution in [3.63, 3.8) is 0 Å². The topological polar surface area (TPSA) is 76.7 Å². The van der Waals surface area contributed by atoms with Gasteiger partial charge in [0, 0.05) is 18.3 Å². The molecule has 0 fully saturated rings. The van der Waals surface area contributed by atoms with Gasteiger partial charge in [-0.1, -0.05) is 11.6 Å². The van der Waals surface area contributed by atoms with Crippen LogP contribution in [0.1, 0.15) is 27.6 Å². The van der Waals surface area contributed by atoms with E-state index in [1.54, 1.807) is 30.3 Å². The van der Waals surface area contributed by atoms with Crippen molar-refractivity contribution < 1.29 is 19.1 Å². The van der Waals surface area contributed by atoms with Crippen LogP contribution >= 0.6 is 11.6 Å². The van der Waals surface area contributed by atoms with Crippen molar-refractivity contribution in [2.75, 3.05) is 26.1 Å². The average molecular weight is 363 g/mol. The van der Waals surface area contributed by atoms with Crippen molar-refractivity contribution >= 4 is 29.1 Å². The molecule has 0 unspecified atom stereocenters. The summed E-state index contributed by atoms with van der Waals surface area (Å²) in [5.74, 6) is 0.365. The van der Waals surface area contributed by atoms with E-state index in [2.05, 4.69) is 10.6 Å². The van der Waals surface area contributed by atoms with Crippen LogP contribution in [0.4, 0.5) is 5.69 Å². The Morgan fingerprint density at radius 2 is 1.84 bits per heavy atom. The molecule has 2 aromatic rings. The quantitative estimate of drug-likeness (QED) is 0.826. The summed E-state index contributed by atoms with van der Waals surface area (Å²) in [4.78, 5) is 24.3. The van der Waals surface area contributed by atoms with Crippen LogP contribution in [0, 0.1) is 0 Å². The molecule has 0 aromatic heterocycles. The lowest BCUT2D eigenvalue weighted by molar-refractivity contribution is 0.0961. The van der Waals surface area contributed by atoms with Gasteiger partial charge < -0.3 is 20.1 Å². The number of halogens is 1. The fraction of sp³-hybridized carbons (Fsp3) is 0.222. The van der Waals surface area contributed by atoms with E-state index in [1.165, 1.54) is 20.2 Å². The van der Waals surface area contributed by atoms with Gasteiger partial charge in [0.05, 0.1) is 24.3 Å². The molecule has 0 bridgehead atoms. The number of hydrogen-bond donors (Lipinski definition) is 2. The van der Waals surface area contributed by atoms with E-state index in [-0.39, 0.29) is 17.4 Å². The molecule has 7 heteroatoms. The predicted molar refractivity (Wildman–Crippen MR) is 97.0 cm³/mol. The van der Waals surface area contributed by atoms with Crippen LogP contribution in [0.2, 0.25) is 5.02 Å². The van der Waals surface area contributed by atoms with E-state index in [4.69, 9.17) is 21.1 Å². The molecule has 25 heavy (non-hydrogen) atoms. The molecule has 2 amide bonds. The molecule has 0 saturated heterocycles. The van der Waals surface area contributed by atoms with Crippen LogP contribution < -0.4 is 20.1 Å². The highest BCUT2D eigenvalue weighted by Crippen LogP contribution is 2.28. The van der Waals surface area contributed by atoms with E-state index in [9.17, 15) is 9.59 Å². The molecular weight excluding hydrogens is 344 g/mol. The summed E-state index contributed by atoms with van der Waals surface area (Å²) in [7, 11) is 3.04. The van der Waals surface area contributed by atoms with Gasteiger partial charge in [0.25, 0.3) is 11.8 Å². The number of amides is 2. The highest BCUT2D eigenvalue weighted by atomic mass is 35.5. The molecule has 2 rings (SSSR count). The maximum absolute atomic E-state index is 12.5. The fourth-order valence-corrected chi connectivity index (χ4v) is 2.40. The molecule has 0 atom stereocenters. The second kappa shape index (κ2) is 8.39. The maximum atomic E-state index is 12.5. The Balaban J connectivity index is 2.25. The molecule has 0 aliphatic carbocycles. The maximum Gasteiger partial charge on any atom is 0.255 e. The third-order valence-corrected chi connectivity index (χ3v) is 3.75. The van der Waals surface area contributed by atoms with Crippen molar-refractivity contribution in [1.82, 2.24) is 5.32 Å². The minimum Gasteiger partial charge on any atom is -0.493 e. The van der Waals surface area contributed by atoms with Gasteiger partial charge in [-0.15, -0.1) is 0 Å². The molecule has 2 aromatic carbocycles. The van der Waals surface area contributed by atoms with E-state index in [0.29, 0.717) is 34.4 Å². The van der Waals surface area contributed by atoms with Gasteiger partial charge in [0.2, 0.25) is 0 Å². The van der Waals surface area contributed by atoms with Crippen LogP contribution in [0.5, 0.6) is 11.5 Å². The van der Waals surface area contributed by atoms with Crippen LogP contribution in [0.3, 0.4) is 0 Å². The van der Waals surface area contributed by atoms with Crippen molar-refractivity contribution in [2.24, 2.45) is 0 Å². The van der Waals surface area contributed by atoms with Gasteiger partial charge >= 0.3 is 0 Å². The summed E-state index contributed by atoms with van der Waals surface area (Å²) in [5.41, 5.74) is 1.15. The first-order valence-electron chi connectivity index (χ1n) is 7.64. The Kier molecular flexibility index (Phi) is 6.25. The van der Waals surface area contributed by atoms with Gasteiger partial charge in [-0.3, -0.25) is 9.59 Å². The zero-order valence-corrected chi connectivity index (χ0v) is 14.9. The van der Waals surface area contributed by atoms with Crippen molar-refractivity contribution in [1.29, 1.82) is 0 Å². The first-order chi connectivity index (χ1) is 12.0. The molecule has 0 spiro atoms. The number of carbonyl (C=O) groups excluding carboxylic acids is 2. The summed E-state index contributed by atoms with van der Waals surface area (Å²) in [6, 6.07) is 9.60. The molecule has 6 nitrogen and oxygen atoms in total. The van der Waals surface area contributed by atoms with E-state index in [0.717, 1.165) is 0 Å². The number of anilines is 1. The molecule has 0 radical (unpaired) electrons. The highest BCUT2D eigenvalue weighted by Gasteiger charge is 2.14. The summed E-state index contributed by atoms with van der Waals surface area (Å²) in [6.07, 6.45) is 0. The zero-order valence-electron chi connectivity index (χ0n) is 14.2. The van der Waals surface area contributed by atoms with Crippen LogP contribution in [0.25, 0.3) is 0 Å². The first kappa shape index (κ1) is 18.6. The summed E-state index contributed by atoms with van der Waals surface area (Å²) < 4.78 is 10.7. The number of ether oxygens (including phenoxy) is 2. The van der Waals surface area contributed by atoms with Crippen LogP contribution in [-0.4, -0.2) is 32.6 Å². The SMILES string of the molecule is CCOc1cc(C(=O)Nc2ccc(Cl)c(C(=O)NC)c2)ccc1OC. The van der Waals surface area contributed by atoms with Crippen molar-refractivity contribution in [3.05, 3.63) is 52.5 Å². The first-order valence-corrected chi connectivity index (χ1v) is 8.01. The number of benzene rings is 2. The fourth-order valence-electron chi connectivity index (χ4n) is 2.20. The zero-order chi connectivity index (χ0) is 18.4. The van der Waals surface area contributed by atoms with E-state index in [1.807, 2.05) is 6.92 Å². The van der Waals surface area contributed by atoms with Crippen LogP contribution in [-0.2, 0) is 0 Å². The highest BCUT2D eigenvalue weighted by molar-refractivity contribution is 6.34.